The molecule has 1 aliphatic rings. The summed E-state index contributed by atoms with van der Waals surface area (Å²) in [5.74, 6) is -1.97. The fraction of sp³-hybridized carbons (Fsp3) is 0.154. The largest absolute Gasteiger partial charge is 0.480 e. The lowest BCUT2D eigenvalue weighted by Gasteiger charge is -2.16. The van der Waals surface area contributed by atoms with Gasteiger partial charge in [0.2, 0.25) is 5.91 Å². The van der Waals surface area contributed by atoms with Gasteiger partial charge in [-0.25, -0.2) is 0 Å². The standard InChI is InChI=1S/C13H12N2O4/c1-8-9-4-2-3-5-10(9)13(19)15(8)7-11(16)14-6-12(17)18/h2-5H,1,6-7H2,(H,14,16)(H,17,18). The van der Waals surface area contributed by atoms with Crippen LogP contribution in [0.2, 0.25) is 0 Å². The first-order valence-electron chi connectivity index (χ1n) is 5.59. The number of carbonyl (C=O) groups is 3. The summed E-state index contributed by atoms with van der Waals surface area (Å²) in [4.78, 5) is 35.2. The van der Waals surface area contributed by atoms with Crippen molar-refractivity contribution in [2.24, 2.45) is 0 Å². The predicted molar refractivity (Wildman–Crippen MR) is 67.2 cm³/mol. The molecule has 0 aromatic heterocycles. The number of fused-ring (bicyclic) bond motifs is 1. The van der Waals surface area contributed by atoms with Gasteiger partial charge in [-0.3, -0.25) is 19.3 Å². The zero-order valence-electron chi connectivity index (χ0n) is 10.0. The summed E-state index contributed by atoms with van der Waals surface area (Å²) < 4.78 is 0. The van der Waals surface area contributed by atoms with Gasteiger partial charge in [0.25, 0.3) is 5.91 Å². The quantitative estimate of drug-likeness (QED) is 0.816. The van der Waals surface area contributed by atoms with E-state index in [0.717, 1.165) is 0 Å². The molecule has 0 radical (unpaired) electrons. The van der Waals surface area contributed by atoms with Crippen LogP contribution in [-0.4, -0.2) is 40.9 Å². The van der Waals surface area contributed by atoms with E-state index < -0.39 is 18.4 Å². The maximum absolute atomic E-state index is 12.0. The van der Waals surface area contributed by atoms with Crippen LogP contribution in [0.1, 0.15) is 15.9 Å². The minimum Gasteiger partial charge on any atom is -0.480 e. The van der Waals surface area contributed by atoms with Crippen LogP contribution in [0.5, 0.6) is 0 Å². The molecule has 6 nitrogen and oxygen atoms in total. The molecule has 0 saturated carbocycles. The average Bonchev–Trinajstić information content (AvgIpc) is 2.62. The van der Waals surface area contributed by atoms with E-state index in [1.807, 2.05) is 0 Å². The lowest BCUT2D eigenvalue weighted by molar-refractivity contribution is -0.137. The molecule has 0 unspecified atom stereocenters. The zero-order chi connectivity index (χ0) is 14.0. The van der Waals surface area contributed by atoms with E-state index in [4.69, 9.17) is 5.11 Å². The summed E-state index contributed by atoms with van der Waals surface area (Å²) >= 11 is 0. The summed E-state index contributed by atoms with van der Waals surface area (Å²) in [5.41, 5.74) is 1.64. The van der Waals surface area contributed by atoms with Gasteiger partial charge in [0.1, 0.15) is 13.1 Å². The number of carboxylic acid groups (broad SMARTS) is 1. The summed E-state index contributed by atoms with van der Waals surface area (Å²) in [6.45, 7) is 3.08. The number of nitrogens with zero attached hydrogens (tertiary/aromatic N) is 1. The number of amides is 2. The fourth-order valence-electron chi connectivity index (χ4n) is 1.88. The van der Waals surface area contributed by atoms with Gasteiger partial charge in [-0.05, 0) is 6.07 Å². The Balaban J connectivity index is 2.08. The van der Waals surface area contributed by atoms with Crippen molar-refractivity contribution in [2.75, 3.05) is 13.1 Å². The summed E-state index contributed by atoms with van der Waals surface area (Å²) in [6, 6.07) is 6.94. The highest BCUT2D eigenvalue weighted by Crippen LogP contribution is 2.30. The molecule has 1 aliphatic heterocycles. The molecule has 0 bridgehead atoms. The average molecular weight is 260 g/mol. The van der Waals surface area contributed by atoms with Gasteiger partial charge in [-0.1, -0.05) is 24.8 Å². The Kier molecular flexibility index (Phi) is 3.33. The predicted octanol–water partition coefficient (Wildman–Crippen LogP) is 0.314. The van der Waals surface area contributed by atoms with Crippen molar-refractivity contribution in [1.29, 1.82) is 0 Å². The first-order chi connectivity index (χ1) is 9.00. The first kappa shape index (κ1) is 12.8. The minimum absolute atomic E-state index is 0.236. The Bertz CT molecular complexity index is 545. The van der Waals surface area contributed by atoms with Crippen LogP contribution < -0.4 is 5.32 Å². The molecule has 0 aliphatic carbocycles. The number of nitrogens with one attached hydrogen (secondary N) is 1. The van der Waals surface area contributed by atoms with Gasteiger partial charge in [0.15, 0.2) is 0 Å². The third-order valence-electron chi connectivity index (χ3n) is 2.78. The summed E-state index contributed by atoms with van der Waals surface area (Å²) in [7, 11) is 0. The van der Waals surface area contributed by atoms with Crippen LogP contribution in [0.25, 0.3) is 5.70 Å². The van der Waals surface area contributed by atoms with Crippen molar-refractivity contribution < 1.29 is 19.5 Å². The molecule has 1 aromatic carbocycles. The second-order valence-electron chi connectivity index (χ2n) is 4.05. The monoisotopic (exact) mass is 260 g/mol. The van der Waals surface area contributed by atoms with E-state index in [0.29, 0.717) is 16.8 Å². The third-order valence-corrected chi connectivity index (χ3v) is 2.78. The fourth-order valence-corrected chi connectivity index (χ4v) is 1.88. The van der Waals surface area contributed by atoms with Gasteiger partial charge in [0.05, 0.1) is 0 Å². The number of carbonyl (C=O) groups excluding carboxylic acids is 2. The lowest BCUT2D eigenvalue weighted by Crippen LogP contribution is -2.38. The van der Waals surface area contributed by atoms with Gasteiger partial charge in [-0.15, -0.1) is 0 Å². The van der Waals surface area contributed by atoms with Crippen LogP contribution in [-0.2, 0) is 9.59 Å². The Hall–Kier alpha value is -2.63. The Labute approximate surface area is 109 Å². The molecule has 6 heteroatoms. The molecule has 2 amide bonds. The molecule has 19 heavy (non-hydrogen) atoms. The number of aliphatic carboxylic acids is 1. The minimum atomic E-state index is -1.14. The Morgan fingerprint density at radius 1 is 1.26 bits per heavy atom. The maximum atomic E-state index is 12.0. The van der Waals surface area contributed by atoms with Crippen molar-refractivity contribution in [3.63, 3.8) is 0 Å². The van der Waals surface area contributed by atoms with E-state index in [1.54, 1.807) is 24.3 Å². The van der Waals surface area contributed by atoms with E-state index in [-0.39, 0.29) is 12.5 Å². The van der Waals surface area contributed by atoms with Crippen LogP contribution in [0, 0.1) is 0 Å². The molecular formula is C13H12N2O4. The lowest BCUT2D eigenvalue weighted by atomic mass is 10.1. The molecule has 98 valence electrons. The Morgan fingerprint density at radius 2 is 1.89 bits per heavy atom. The van der Waals surface area contributed by atoms with Crippen molar-refractivity contribution in [2.45, 2.75) is 0 Å². The SMILES string of the molecule is C=C1c2ccccc2C(=O)N1CC(=O)NCC(=O)O. The highest BCUT2D eigenvalue weighted by atomic mass is 16.4. The van der Waals surface area contributed by atoms with Gasteiger partial charge < -0.3 is 10.4 Å². The molecule has 2 N–H and O–H groups in total. The number of rotatable bonds is 4. The topological polar surface area (TPSA) is 86.7 Å². The van der Waals surface area contributed by atoms with E-state index in [2.05, 4.69) is 11.9 Å². The molecular weight excluding hydrogens is 248 g/mol. The highest BCUT2D eigenvalue weighted by Gasteiger charge is 2.31. The number of benzene rings is 1. The van der Waals surface area contributed by atoms with E-state index in [1.165, 1.54) is 4.90 Å². The molecule has 1 aromatic rings. The van der Waals surface area contributed by atoms with Crippen LogP contribution >= 0.6 is 0 Å². The molecule has 1 heterocycles. The highest BCUT2D eigenvalue weighted by molar-refractivity contribution is 6.10. The third kappa shape index (κ3) is 2.47. The maximum Gasteiger partial charge on any atom is 0.322 e. The van der Waals surface area contributed by atoms with Crippen LogP contribution in [0.4, 0.5) is 0 Å². The van der Waals surface area contributed by atoms with E-state index in [9.17, 15) is 14.4 Å². The van der Waals surface area contributed by atoms with Crippen molar-refractivity contribution in [3.05, 3.63) is 42.0 Å². The van der Waals surface area contributed by atoms with Gasteiger partial charge >= 0.3 is 5.97 Å². The zero-order valence-corrected chi connectivity index (χ0v) is 10.0. The second-order valence-corrected chi connectivity index (χ2v) is 4.05. The molecule has 0 saturated heterocycles. The van der Waals surface area contributed by atoms with Gasteiger partial charge in [0, 0.05) is 16.8 Å². The normalized spacial score (nSPS) is 13.4. The number of hydrogen-bond acceptors (Lipinski definition) is 3. The first-order valence-corrected chi connectivity index (χ1v) is 5.59. The second kappa shape index (κ2) is 4.93. The molecule has 0 atom stereocenters. The molecule has 2 rings (SSSR count). The number of hydrogen-bond donors (Lipinski definition) is 2. The van der Waals surface area contributed by atoms with Gasteiger partial charge in [-0.2, -0.15) is 0 Å². The van der Waals surface area contributed by atoms with Crippen LogP contribution in [0.3, 0.4) is 0 Å². The van der Waals surface area contributed by atoms with Crippen molar-refractivity contribution >= 4 is 23.5 Å². The van der Waals surface area contributed by atoms with Crippen molar-refractivity contribution in [3.8, 4) is 0 Å². The molecule has 0 fully saturated rings. The Morgan fingerprint density at radius 3 is 2.47 bits per heavy atom. The van der Waals surface area contributed by atoms with Crippen molar-refractivity contribution in [1.82, 2.24) is 10.2 Å². The molecule has 0 spiro atoms. The summed E-state index contributed by atoms with van der Waals surface area (Å²) in [5, 5.41) is 10.7. The van der Waals surface area contributed by atoms with E-state index >= 15 is 0 Å². The summed E-state index contributed by atoms with van der Waals surface area (Å²) in [6.07, 6.45) is 0. The van der Waals surface area contributed by atoms with Crippen LogP contribution in [0.15, 0.2) is 30.8 Å². The smallest absolute Gasteiger partial charge is 0.322 e. The number of carboxylic acids is 1.